The fourth-order valence-electron chi connectivity index (χ4n) is 1.63. The van der Waals surface area contributed by atoms with E-state index in [9.17, 15) is 0 Å². The molecule has 0 unspecified atom stereocenters. The van der Waals surface area contributed by atoms with Gasteiger partial charge in [-0.15, -0.1) is 11.8 Å². The molecule has 4 heteroatoms. The predicted molar refractivity (Wildman–Crippen MR) is 71.3 cm³/mol. The molecule has 3 nitrogen and oxygen atoms in total. The number of rotatable bonds is 5. The van der Waals surface area contributed by atoms with E-state index in [-0.39, 0.29) is 0 Å². The smallest absolute Gasteiger partial charge is 0.162 e. The van der Waals surface area contributed by atoms with Gasteiger partial charge in [-0.25, -0.2) is 0 Å². The molecule has 0 saturated heterocycles. The van der Waals surface area contributed by atoms with E-state index >= 15 is 0 Å². The Morgan fingerprint density at radius 3 is 2.76 bits per heavy atom. The third kappa shape index (κ3) is 3.82. The number of hydrogen-bond acceptors (Lipinski definition) is 4. The van der Waals surface area contributed by atoms with Gasteiger partial charge in [-0.3, -0.25) is 0 Å². The second-order valence-electron chi connectivity index (χ2n) is 4.26. The van der Waals surface area contributed by atoms with Gasteiger partial charge in [-0.05, 0) is 18.2 Å². The van der Waals surface area contributed by atoms with E-state index in [4.69, 9.17) is 9.47 Å². The Morgan fingerprint density at radius 1 is 1.24 bits per heavy atom. The molecule has 0 aromatic heterocycles. The fourth-order valence-corrected chi connectivity index (χ4v) is 2.44. The van der Waals surface area contributed by atoms with Gasteiger partial charge in [0.25, 0.3) is 0 Å². The maximum Gasteiger partial charge on any atom is 0.162 e. The Balaban J connectivity index is 1.85. The highest BCUT2D eigenvalue weighted by atomic mass is 32.2. The molecule has 0 fully saturated rings. The molecular formula is C13H19NO2S. The highest BCUT2D eigenvalue weighted by Crippen LogP contribution is 2.33. The fraction of sp³-hybridized carbons (Fsp3) is 0.538. The number of fused-ring (bicyclic) bond motifs is 1. The van der Waals surface area contributed by atoms with Crippen LogP contribution in [0.25, 0.3) is 0 Å². The first-order chi connectivity index (χ1) is 8.25. The van der Waals surface area contributed by atoms with E-state index in [2.05, 4.69) is 31.3 Å². The van der Waals surface area contributed by atoms with Gasteiger partial charge < -0.3 is 14.8 Å². The molecule has 0 aliphatic carbocycles. The first-order valence-electron chi connectivity index (χ1n) is 6.01. The van der Waals surface area contributed by atoms with Crippen molar-refractivity contribution in [1.82, 2.24) is 5.32 Å². The Morgan fingerprint density at radius 2 is 2.00 bits per heavy atom. The lowest BCUT2D eigenvalue weighted by Gasteiger charge is -2.18. The van der Waals surface area contributed by atoms with Crippen molar-refractivity contribution in [2.24, 2.45) is 0 Å². The monoisotopic (exact) mass is 253 g/mol. The third-order valence-corrected chi connectivity index (χ3v) is 3.43. The lowest BCUT2D eigenvalue weighted by Crippen LogP contribution is -2.24. The number of benzene rings is 1. The molecule has 0 radical (unpaired) electrons. The van der Waals surface area contributed by atoms with Crippen LogP contribution in [0.1, 0.15) is 13.8 Å². The summed E-state index contributed by atoms with van der Waals surface area (Å²) in [6, 6.07) is 6.70. The molecule has 0 atom stereocenters. The molecule has 1 heterocycles. The SMILES string of the molecule is CC(C)NCCSc1ccc2c(c1)OCCO2. The molecule has 0 amide bonds. The maximum absolute atomic E-state index is 5.55. The quantitative estimate of drug-likeness (QED) is 0.645. The molecule has 1 aromatic rings. The molecular weight excluding hydrogens is 234 g/mol. The Bertz CT molecular complexity index is 368. The molecule has 1 aliphatic rings. The van der Waals surface area contributed by atoms with Crippen LogP contribution in [-0.2, 0) is 0 Å². The minimum atomic E-state index is 0.552. The average Bonchev–Trinajstić information content (AvgIpc) is 2.34. The average molecular weight is 253 g/mol. The highest BCUT2D eigenvalue weighted by molar-refractivity contribution is 7.99. The van der Waals surface area contributed by atoms with Crippen LogP contribution in [0.4, 0.5) is 0 Å². The van der Waals surface area contributed by atoms with E-state index in [1.54, 1.807) is 0 Å². The first-order valence-corrected chi connectivity index (χ1v) is 7.00. The van der Waals surface area contributed by atoms with Crippen LogP contribution in [0.15, 0.2) is 23.1 Å². The summed E-state index contributed by atoms with van der Waals surface area (Å²) in [7, 11) is 0. The predicted octanol–water partition coefficient (Wildman–Crippen LogP) is 2.55. The van der Waals surface area contributed by atoms with Crippen LogP contribution in [0, 0.1) is 0 Å². The van der Waals surface area contributed by atoms with Crippen LogP contribution < -0.4 is 14.8 Å². The summed E-state index contributed by atoms with van der Waals surface area (Å²) in [5.74, 6) is 2.80. The van der Waals surface area contributed by atoms with Crippen molar-refractivity contribution >= 4 is 11.8 Å². The molecule has 0 saturated carbocycles. The zero-order chi connectivity index (χ0) is 12.1. The highest BCUT2D eigenvalue weighted by Gasteiger charge is 2.11. The van der Waals surface area contributed by atoms with Crippen molar-refractivity contribution in [2.45, 2.75) is 24.8 Å². The van der Waals surface area contributed by atoms with Gasteiger partial charge in [-0.2, -0.15) is 0 Å². The zero-order valence-corrected chi connectivity index (χ0v) is 11.2. The van der Waals surface area contributed by atoms with Crippen molar-refractivity contribution in [3.8, 4) is 11.5 Å². The van der Waals surface area contributed by atoms with E-state index in [0.717, 1.165) is 23.8 Å². The molecule has 1 N–H and O–H groups in total. The molecule has 0 spiro atoms. The number of thioether (sulfide) groups is 1. The van der Waals surface area contributed by atoms with E-state index in [1.807, 2.05) is 17.8 Å². The first kappa shape index (κ1) is 12.6. The Hall–Kier alpha value is -0.870. The standard InChI is InChI=1S/C13H19NO2S/c1-10(2)14-5-8-17-11-3-4-12-13(9-11)16-7-6-15-12/h3-4,9-10,14H,5-8H2,1-2H3. The summed E-state index contributed by atoms with van der Waals surface area (Å²) in [6.07, 6.45) is 0. The van der Waals surface area contributed by atoms with Crippen LogP contribution >= 0.6 is 11.8 Å². The maximum atomic E-state index is 5.55. The molecule has 2 rings (SSSR count). The zero-order valence-electron chi connectivity index (χ0n) is 10.4. The molecule has 0 bridgehead atoms. The topological polar surface area (TPSA) is 30.5 Å². The second-order valence-corrected chi connectivity index (χ2v) is 5.43. The molecule has 94 valence electrons. The summed E-state index contributed by atoms with van der Waals surface area (Å²) >= 11 is 1.84. The van der Waals surface area contributed by atoms with Gasteiger partial charge in [-0.1, -0.05) is 13.8 Å². The Labute approximate surface area is 107 Å². The van der Waals surface area contributed by atoms with Crippen LogP contribution in [0.3, 0.4) is 0 Å². The van der Waals surface area contributed by atoms with Gasteiger partial charge in [0.1, 0.15) is 13.2 Å². The van der Waals surface area contributed by atoms with Crippen molar-refractivity contribution in [3.63, 3.8) is 0 Å². The second kappa shape index (κ2) is 6.17. The lowest BCUT2D eigenvalue weighted by molar-refractivity contribution is 0.171. The van der Waals surface area contributed by atoms with E-state index in [1.165, 1.54) is 4.90 Å². The van der Waals surface area contributed by atoms with Gasteiger partial charge in [0.05, 0.1) is 0 Å². The van der Waals surface area contributed by atoms with Crippen molar-refractivity contribution in [3.05, 3.63) is 18.2 Å². The lowest BCUT2D eigenvalue weighted by atomic mass is 10.3. The summed E-state index contributed by atoms with van der Waals surface area (Å²) in [5.41, 5.74) is 0. The minimum Gasteiger partial charge on any atom is -0.486 e. The summed E-state index contributed by atoms with van der Waals surface area (Å²) in [6.45, 7) is 6.65. The van der Waals surface area contributed by atoms with Crippen LogP contribution in [0.5, 0.6) is 11.5 Å². The van der Waals surface area contributed by atoms with Gasteiger partial charge >= 0.3 is 0 Å². The number of nitrogens with one attached hydrogen (secondary N) is 1. The van der Waals surface area contributed by atoms with Crippen molar-refractivity contribution in [1.29, 1.82) is 0 Å². The minimum absolute atomic E-state index is 0.552. The van der Waals surface area contributed by atoms with Gasteiger partial charge in [0, 0.05) is 23.2 Å². The van der Waals surface area contributed by atoms with Crippen molar-refractivity contribution in [2.75, 3.05) is 25.5 Å². The molecule has 17 heavy (non-hydrogen) atoms. The van der Waals surface area contributed by atoms with Crippen LogP contribution in [0.2, 0.25) is 0 Å². The number of hydrogen-bond donors (Lipinski definition) is 1. The number of ether oxygens (including phenoxy) is 2. The normalized spacial score (nSPS) is 14.1. The molecule has 1 aliphatic heterocycles. The van der Waals surface area contributed by atoms with Crippen LogP contribution in [-0.4, -0.2) is 31.6 Å². The largest absolute Gasteiger partial charge is 0.486 e. The van der Waals surface area contributed by atoms with Gasteiger partial charge in [0.15, 0.2) is 11.5 Å². The third-order valence-electron chi connectivity index (χ3n) is 2.44. The summed E-state index contributed by atoms with van der Waals surface area (Å²) in [4.78, 5) is 1.24. The Kier molecular flexibility index (Phi) is 4.57. The van der Waals surface area contributed by atoms with Gasteiger partial charge in [0.2, 0.25) is 0 Å². The van der Waals surface area contributed by atoms with E-state index in [0.29, 0.717) is 19.3 Å². The summed E-state index contributed by atoms with van der Waals surface area (Å²) < 4.78 is 11.0. The summed E-state index contributed by atoms with van der Waals surface area (Å²) in [5, 5.41) is 3.40. The van der Waals surface area contributed by atoms with E-state index < -0.39 is 0 Å². The molecule has 1 aromatic carbocycles. The van der Waals surface area contributed by atoms with Crippen molar-refractivity contribution < 1.29 is 9.47 Å².